The monoisotopic (exact) mass is 289 g/mol. The number of sulfonamides is 1. The molecule has 0 spiro atoms. The molecule has 0 bridgehead atoms. The maximum atomic E-state index is 13.4. The molecule has 1 rings (SSSR count). The Labute approximate surface area is 111 Å². The lowest BCUT2D eigenvalue weighted by molar-refractivity contribution is -0.141. The number of halogens is 1. The zero-order valence-corrected chi connectivity index (χ0v) is 11.7. The second-order valence-electron chi connectivity index (χ2n) is 4.44. The van der Waals surface area contributed by atoms with Crippen molar-refractivity contribution >= 4 is 16.0 Å². The number of aryl methyl sites for hydroxylation is 1. The van der Waals surface area contributed by atoms with Gasteiger partial charge in [-0.1, -0.05) is 13.0 Å². The first-order valence-electron chi connectivity index (χ1n) is 5.61. The lowest BCUT2D eigenvalue weighted by atomic mass is 10.2. The Hall–Kier alpha value is -1.47. The number of carbonyl (C=O) groups is 1. The van der Waals surface area contributed by atoms with Crippen LogP contribution >= 0.6 is 0 Å². The van der Waals surface area contributed by atoms with E-state index in [9.17, 15) is 17.6 Å². The summed E-state index contributed by atoms with van der Waals surface area (Å²) < 4.78 is 38.5. The summed E-state index contributed by atoms with van der Waals surface area (Å²) in [6.07, 6.45) is 0. The first-order chi connectivity index (χ1) is 8.66. The molecule has 0 saturated carbocycles. The fourth-order valence-corrected chi connectivity index (χ4v) is 2.75. The minimum Gasteiger partial charge on any atom is -0.481 e. The third kappa shape index (κ3) is 3.51. The van der Waals surface area contributed by atoms with Crippen LogP contribution < -0.4 is 0 Å². The van der Waals surface area contributed by atoms with E-state index >= 15 is 0 Å². The molecule has 7 heteroatoms. The van der Waals surface area contributed by atoms with Crippen LogP contribution in [0.25, 0.3) is 0 Å². The van der Waals surface area contributed by atoms with Crippen molar-refractivity contribution in [2.75, 3.05) is 13.6 Å². The van der Waals surface area contributed by atoms with Crippen molar-refractivity contribution in [2.45, 2.75) is 18.7 Å². The summed E-state index contributed by atoms with van der Waals surface area (Å²) in [6.45, 7) is 2.76. The molecule has 0 heterocycles. The second-order valence-corrected chi connectivity index (χ2v) is 6.48. The van der Waals surface area contributed by atoms with Gasteiger partial charge in [-0.3, -0.25) is 4.79 Å². The van der Waals surface area contributed by atoms with Crippen molar-refractivity contribution in [1.29, 1.82) is 0 Å². The third-order valence-corrected chi connectivity index (χ3v) is 4.62. The zero-order valence-electron chi connectivity index (χ0n) is 10.9. The van der Waals surface area contributed by atoms with Gasteiger partial charge in [-0.05, 0) is 24.6 Å². The Balaban J connectivity index is 3.03. The Morgan fingerprint density at radius 2 is 2.05 bits per heavy atom. The molecule has 0 aromatic heterocycles. The maximum Gasteiger partial charge on any atom is 0.307 e. The predicted octanol–water partition coefficient (Wildman–Crippen LogP) is 1.48. The standard InChI is InChI=1S/C12H16FNO4S/c1-8-4-5-10(6-11(8)13)19(17,18)14(3)7-9(2)12(15)16/h4-6,9H,7H2,1-3H3,(H,15,16). The van der Waals surface area contributed by atoms with Crippen LogP contribution in [-0.4, -0.2) is 37.4 Å². The molecule has 0 aliphatic heterocycles. The van der Waals surface area contributed by atoms with Gasteiger partial charge in [0.2, 0.25) is 10.0 Å². The Kier molecular flexibility index (Phi) is 4.65. The molecule has 1 atom stereocenters. The van der Waals surface area contributed by atoms with Gasteiger partial charge >= 0.3 is 5.97 Å². The van der Waals surface area contributed by atoms with Gasteiger partial charge in [0, 0.05) is 13.6 Å². The smallest absolute Gasteiger partial charge is 0.307 e. The molecule has 0 fully saturated rings. The molecule has 0 radical (unpaired) electrons. The van der Waals surface area contributed by atoms with Gasteiger partial charge in [0.25, 0.3) is 0 Å². The van der Waals surface area contributed by atoms with Crippen molar-refractivity contribution in [1.82, 2.24) is 4.31 Å². The summed E-state index contributed by atoms with van der Waals surface area (Å²) in [5.74, 6) is -2.53. The highest BCUT2D eigenvalue weighted by Gasteiger charge is 2.25. The van der Waals surface area contributed by atoms with Gasteiger partial charge < -0.3 is 5.11 Å². The van der Waals surface area contributed by atoms with Crippen molar-refractivity contribution in [2.24, 2.45) is 5.92 Å². The predicted molar refractivity (Wildman–Crippen MR) is 67.8 cm³/mol. The summed E-state index contributed by atoms with van der Waals surface area (Å²) in [7, 11) is -2.61. The highest BCUT2D eigenvalue weighted by molar-refractivity contribution is 7.89. The van der Waals surface area contributed by atoms with Gasteiger partial charge in [0.15, 0.2) is 0 Å². The molecule has 1 aromatic carbocycles. The van der Waals surface area contributed by atoms with E-state index in [1.165, 1.54) is 33.0 Å². The molecular weight excluding hydrogens is 273 g/mol. The van der Waals surface area contributed by atoms with E-state index in [1.807, 2.05) is 0 Å². The minimum atomic E-state index is -3.88. The lowest BCUT2D eigenvalue weighted by Crippen LogP contribution is -2.33. The number of carboxylic acids is 1. The number of carboxylic acid groups (broad SMARTS) is 1. The molecule has 1 aromatic rings. The largest absolute Gasteiger partial charge is 0.481 e. The Morgan fingerprint density at radius 1 is 1.47 bits per heavy atom. The number of rotatable bonds is 5. The quantitative estimate of drug-likeness (QED) is 0.891. The van der Waals surface area contributed by atoms with Crippen molar-refractivity contribution in [3.05, 3.63) is 29.6 Å². The van der Waals surface area contributed by atoms with Gasteiger partial charge in [0.05, 0.1) is 10.8 Å². The normalized spacial score (nSPS) is 13.5. The molecule has 0 amide bonds. The summed E-state index contributed by atoms with van der Waals surface area (Å²) in [5, 5.41) is 8.77. The van der Waals surface area contributed by atoms with Gasteiger partial charge in [-0.25, -0.2) is 17.1 Å². The molecule has 1 N–H and O–H groups in total. The van der Waals surface area contributed by atoms with Crippen LogP contribution in [0.2, 0.25) is 0 Å². The van der Waals surface area contributed by atoms with E-state index in [2.05, 4.69) is 0 Å². The molecule has 5 nitrogen and oxygen atoms in total. The minimum absolute atomic E-state index is 0.173. The Bertz CT molecular complexity index is 585. The lowest BCUT2D eigenvalue weighted by Gasteiger charge is -2.19. The van der Waals surface area contributed by atoms with Crippen LogP contribution in [0.1, 0.15) is 12.5 Å². The van der Waals surface area contributed by atoms with Gasteiger partial charge in [-0.2, -0.15) is 0 Å². The van der Waals surface area contributed by atoms with Crippen LogP contribution in [0.3, 0.4) is 0 Å². The van der Waals surface area contributed by atoms with Gasteiger partial charge in [-0.15, -0.1) is 0 Å². The van der Waals surface area contributed by atoms with Crippen LogP contribution in [0, 0.1) is 18.7 Å². The number of nitrogens with zero attached hydrogens (tertiary/aromatic N) is 1. The first-order valence-corrected chi connectivity index (χ1v) is 7.05. The van der Waals surface area contributed by atoms with Crippen molar-refractivity contribution in [3.8, 4) is 0 Å². The van der Waals surface area contributed by atoms with E-state index in [1.54, 1.807) is 0 Å². The molecule has 1 unspecified atom stereocenters. The van der Waals surface area contributed by atoms with Crippen LogP contribution in [-0.2, 0) is 14.8 Å². The SMILES string of the molecule is Cc1ccc(S(=O)(=O)N(C)CC(C)C(=O)O)cc1F. The number of aliphatic carboxylic acids is 1. The van der Waals surface area contributed by atoms with E-state index in [0.717, 1.165) is 10.4 Å². The van der Waals surface area contributed by atoms with Crippen molar-refractivity contribution in [3.63, 3.8) is 0 Å². The highest BCUT2D eigenvalue weighted by Crippen LogP contribution is 2.18. The van der Waals surface area contributed by atoms with Crippen LogP contribution in [0.15, 0.2) is 23.1 Å². The van der Waals surface area contributed by atoms with Crippen LogP contribution in [0.4, 0.5) is 4.39 Å². The third-order valence-electron chi connectivity index (χ3n) is 2.80. The molecule has 106 valence electrons. The maximum absolute atomic E-state index is 13.4. The van der Waals surface area contributed by atoms with Crippen molar-refractivity contribution < 1.29 is 22.7 Å². The first kappa shape index (κ1) is 15.6. The molecular formula is C12H16FNO4S. The molecule has 19 heavy (non-hydrogen) atoms. The Morgan fingerprint density at radius 3 is 2.53 bits per heavy atom. The van der Waals surface area contributed by atoms with Crippen LogP contribution in [0.5, 0.6) is 0 Å². The summed E-state index contributed by atoms with van der Waals surface area (Å²) in [5.41, 5.74) is 0.348. The highest BCUT2D eigenvalue weighted by atomic mass is 32.2. The summed E-state index contributed by atoms with van der Waals surface area (Å²) in [6, 6.07) is 3.61. The second kappa shape index (κ2) is 5.66. The zero-order chi connectivity index (χ0) is 14.8. The topological polar surface area (TPSA) is 74.7 Å². The molecule has 0 saturated heterocycles. The number of hydrogen-bond acceptors (Lipinski definition) is 3. The van der Waals surface area contributed by atoms with Gasteiger partial charge in [0.1, 0.15) is 5.82 Å². The molecule has 0 aliphatic rings. The average molecular weight is 289 g/mol. The fraction of sp³-hybridized carbons (Fsp3) is 0.417. The van der Waals surface area contributed by atoms with E-state index in [-0.39, 0.29) is 11.4 Å². The number of hydrogen-bond donors (Lipinski definition) is 1. The number of benzene rings is 1. The molecule has 0 aliphatic carbocycles. The van der Waals surface area contributed by atoms with E-state index in [0.29, 0.717) is 5.56 Å². The average Bonchev–Trinajstić information content (AvgIpc) is 2.32. The fourth-order valence-electron chi connectivity index (χ4n) is 1.48. The summed E-state index contributed by atoms with van der Waals surface area (Å²) >= 11 is 0. The summed E-state index contributed by atoms with van der Waals surface area (Å²) in [4.78, 5) is 10.5. The van der Waals surface area contributed by atoms with E-state index in [4.69, 9.17) is 5.11 Å². The van der Waals surface area contributed by atoms with E-state index < -0.39 is 27.7 Å².